The molecular weight excluding hydrogens is 141 g/mol. The quantitative estimate of drug-likeness (QED) is 0.455. The fourth-order valence-electron chi connectivity index (χ4n) is 0. The molecule has 0 unspecified atom stereocenters. The third-order valence-corrected chi connectivity index (χ3v) is 0. The molecule has 1 nitrogen and oxygen atoms in total. The maximum Gasteiger partial charge on any atom is 0.0587 e. The number of nitrogens with zero attached hydrogens (tertiary/aromatic N) is 1. The first kappa shape index (κ1) is 8.93. The second-order valence-corrected chi connectivity index (χ2v) is 0.224. The second kappa shape index (κ2) is 11.2. The first-order valence-corrected chi connectivity index (χ1v) is 0.724. The molecule has 0 bridgehead atoms. The van der Waals surface area contributed by atoms with Crippen molar-refractivity contribution in [1.29, 1.82) is 5.26 Å². The molecule has 0 aromatic carbocycles. The van der Waals surface area contributed by atoms with Crippen LogP contribution in [0.4, 0.5) is 0 Å². The van der Waals surface area contributed by atoms with Crippen molar-refractivity contribution in [2.24, 2.45) is 0 Å². The van der Waals surface area contributed by atoms with Crippen LogP contribution in [0.1, 0.15) is 6.92 Å². The van der Waals surface area contributed by atoms with Gasteiger partial charge in [0.25, 0.3) is 0 Å². The maximum atomic E-state index is 7.32. The minimum atomic E-state index is 0. The maximum absolute atomic E-state index is 7.32. The molecule has 1 radical (unpaired) electrons. The van der Waals surface area contributed by atoms with Gasteiger partial charge in [-0.15, -0.1) is 0 Å². The standard InChI is InChI=1S/C2H3N.Rh/c1-2-3;/h1H3;. The van der Waals surface area contributed by atoms with E-state index in [-0.39, 0.29) is 19.5 Å². The van der Waals surface area contributed by atoms with Crippen molar-refractivity contribution in [3.63, 3.8) is 0 Å². The smallest absolute Gasteiger partial charge is 0.0587 e. The SMILES string of the molecule is CC#N.[Rh]. The van der Waals surface area contributed by atoms with Gasteiger partial charge < -0.3 is 0 Å². The summed E-state index contributed by atoms with van der Waals surface area (Å²) in [7, 11) is 0. The molecule has 0 aromatic heterocycles. The van der Waals surface area contributed by atoms with Crippen LogP contribution >= 0.6 is 0 Å². The normalized spacial score (nSPS) is 2.00. The third kappa shape index (κ3) is 204. The van der Waals surface area contributed by atoms with E-state index < -0.39 is 0 Å². The zero-order valence-corrected chi connectivity index (χ0v) is 3.92. The van der Waals surface area contributed by atoms with Gasteiger partial charge in [0, 0.05) is 26.4 Å². The molecule has 0 aliphatic heterocycles. The van der Waals surface area contributed by atoms with Crippen LogP contribution in [0.2, 0.25) is 0 Å². The van der Waals surface area contributed by atoms with Crippen LogP contribution in [-0.4, -0.2) is 0 Å². The van der Waals surface area contributed by atoms with Crippen molar-refractivity contribution >= 4 is 0 Å². The van der Waals surface area contributed by atoms with Gasteiger partial charge in [-0.1, -0.05) is 0 Å². The van der Waals surface area contributed by atoms with Gasteiger partial charge >= 0.3 is 0 Å². The molecule has 0 spiro atoms. The Morgan fingerprint density at radius 3 is 1.75 bits per heavy atom. The summed E-state index contributed by atoms with van der Waals surface area (Å²) in [6, 6.07) is 1.75. The van der Waals surface area contributed by atoms with Crippen LogP contribution < -0.4 is 0 Å². The van der Waals surface area contributed by atoms with E-state index in [9.17, 15) is 0 Å². The molecule has 0 N–H and O–H groups in total. The summed E-state index contributed by atoms with van der Waals surface area (Å²) in [5.74, 6) is 0. The number of nitriles is 1. The van der Waals surface area contributed by atoms with E-state index in [2.05, 4.69) is 0 Å². The van der Waals surface area contributed by atoms with Crippen molar-refractivity contribution < 1.29 is 19.5 Å². The number of hydrogen-bond donors (Lipinski definition) is 0. The van der Waals surface area contributed by atoms with Gasteiger partial charge in [-0.3, -0.25) is 0 Å². The van der Waals surface area contributed by atoms with Gasteiger partial charge in [0.1, 0.15) is 0 Å². The fraction of sp³-hybridized carbons (Fsp3) is 0.500. The molecular formula is C2H3NRh. The minimum absolute atomic E-state index is 0. The zero-order valence-electron chi connectivity index (χ0n) is 2.28. The third-order valence-electron chi connectivity index (χ3n) is 0. The van der Waals surface area contributed by atoms with Gasteiger partial charge in [-0.05, 0) is 0 Å². The van der Waals surface area contributed by atoms with E-state index in [0.29, 0.717) is 0 Å². The summed E-state index contributed by atoms with van der Waals surface area (Å²) in [6.45, 7) is 1.43. The van der Waals surface area contributed by atoms with Crippen LogP contribution in [0.5, 0.6) is 0 Å². The Hall–Kier alpha value is 0.113. The molecule has 2 heteroatoms. The van der Waals surface area contributed by atoms with Crippen LogP contribution in [0.25, 0.3) is 0 Å². The van der Waals surface area contributed by atoms with Gasteiger partial charge in [-0.25, -0.2) is 0 Å². The van der Waals surface area contributed by atoms with E-state index in [0.717, 1.165) is 0 Å². The van der Waals surface area contributed by atoms with Crippen molar-refractivity contribution in [1.82, 2.24) is 0 Å². The molecule has 0 rings (SSSR count). The van der Waals surface area contributed by atoms with E-state index in [1.165, 1.54) is 6.92 Å². The molecule has 0 saturated carbocycles. The summed E-state index contributed by atoms with van der Waals surface area (Å²) in [5.41, 5.74) is 0. The predicted octanol–water partition coefficient (Wildman–Crippen LogP) is 0.527. The molecule has 0 aliphatic rings. The first-order valence-electron chi connectivity index (χ1n) is 0.724. The number of rotatable bonds is 0. The Morgan fingerprint density at radius 1 is 1.75 bits per heavy atom. The minimum Gasteiger partial charge on any atom is -0.199 e. The molecule has 0 amide bonds. The van der Waals surface area contributed by atoms with Gasteiger partial charge in [0.15, 0.2) is 0 Å². The Labute approximate surface area is 38.4 Å². The monoisotopic (exact) mass is 144 g/mol. The Kier molecular flexibility index (Phi) is 25.0. The largest absolute Gasteiger partial charge is 0.199 e. The molecule has 0 fully saturated rings. The Balaban J connectivity index is 0. The summed E-state index contributed by atoms with van der Waals surface area (Å²) in [4.78, 5) is 0. The fourth-order valence-corrected chi connectivity index (χ4v) is 0. The summed E-state index contributed by atoms with van der Waals surface area (Å²) in [6.07, 6.45) is 0. The predicted molar refractivity (Wildman–Crippen MR) is 11.3 cm³/mol. The second-order valence-electron chi connectivity index (χ2n) is 0.224. The summed E-state index contributed by atoms with van der Waals surface area (Å²) in [5, 5.41) is 7.32. The van der Waals surface area contributed by atoms with Crippen molar-refractivity contribution in [2.45, 2.75) is 6.92 Å². The van der Waals surface area contributed by atoms with Crippen LogP contribution in [-0.2, 0) is 19.5 Å². The zero-order chi connectivity index (χ0) is 2.71. The first-order chi connectivity index (χ1) is 1.41. The topological polar surface area (TPSA) is 23.8 Å². The average Bonchev–Trinajstić information content (AvgIpc) is 0.918. The van der Waals surface area contributed by atoms with E-state index in [1.54, 1.807) is 6.07 Å². The summed E-state index contributed by atoms with van der Waals surface area (Å²) >= 11 is 0. The van der Waals surface area contributed by atoms with Gasteiger partial charge in [0.05, 0.1) is 6.07 Å². The molecule has 0 aromatic rings. The number of hydrogen-bond acceptors (Lipinski definition) is 1. The van der Waals surface area contributed by atoms with Gasteiger partial charge in [-0.2, -0.15) is 5.26 Å². The van der Waals surface area contributed by atoms with E-state index in [4.69, 9.17) is 5.26 Å². The Morgan fingerprint density at radius 2 is 1.75 bits per heavy atom. The molecule has 0 heterocycles. The molecule has 25 valence electrons. The molecule has 0 atom stereocenters. The van der Waals surface area contributed by atoms with Crippen molar-refractivity contribution in [3.05, 3.63) is 0 Å². The van der Waals surface area contributed by atoms with Crippen LogP contribution in [0.15, 0.2) is 0 Å². The Bertz CT molecular complexity index is 27.5. The average molecular weight is 144 g/mol. The van der Waals surface area contributed by atoms with Crippen LogP contribution in [0.3, 0.4) is 0 Å². The van der Waals surface area contributed by atoms with Crippen molar-refractivity contribution in [3.8, 4) is 6.07 Å². The van der Waals surface area contributed by atoms with Crippen LogP contribution in [0, 0.1) is 11.3 Å². The van der Waals surface area contributed by atoms with E-state index in [1.807, 2.05) is 0 Å². The van der Waals surface area contributed by atoms with Crippen molar-refractivity contribution in [2.75, 3.05) is 0 Å². The molecule has 0 aliphatic carbocycles. The van der Waals surface area contributed by atoms with E-state index >= 15 is 0 Å². The van der Waals surface area contributed by atoms with Gasteiger partial charge in [0.2, 0.25) is 0 Å². The molecule has 4 heavy (non-hydrogen) atoms. The molecule has 0 saturated heterocycles. The summed E-state index contributed by atoms with van der Waals surface area (Å²) < 4.78 is 0.